The van der Waals surface area contributed by atoms with Crippen molar-refractivity contribution in [1.29, 1.82) is 0 Å². The number of nitrogens with one attached hydrogen (secondary N) is 1. The van der Waals surface area contributed by atoms with Gasteiger partial charge in [-0.2, -0.15) is 0 Å². The maximum atomic E-state index is 5.54. The van der Waals surface area contributed by atoms with Crippen LogP contribution in [0, 0.1) is 32.1 Å². The molecule has 1 N–H and O–H groups in total. The van der Waals surface area contributed by atoms with Gasteiger partial charge in [0, 0.05) is 6.04 Å². The smallest absolute Gasteiger partial charge is 0.0714 e. The number of terminal acetylenes is 1. The van der Waals surface area contributed by atoms with Gasteiger partial charge in [0.1, 0.15) is 0 Å². The summed E-state index contributed by atoms with van der Waals surface area (Å²) < 4.78 is 0. The maximum Gasteiger partial charge on any atom is 0.0714 e. The van der Waals surface area contributed by atoms with E-state index in [1.165, 1.54) is 16.7 Å². The van der Waals surface area contributed by atoms with Gasteiger partial charge in [0.15, 0.2) is 0 Å². The van der Waals surface area contributed by atoms with Crippen LogP contribution >= 0.6 is 0 Å². The number of hydrogen-bond donors (Lipinski definition) is 1. The molecule has 1 aromatic rings. The van der Waals surface area contributed by atoms with E-state index in [1.807, 2.05) is 0 Å². The van der Waals surface area contributed by atoms with Crippen LogP contribution in [0.15, 0.2) is 18.2 Å². The van der Waals surface area contributed by atoms with Crippen LogP contribution in [0.2, 0.25) is 0 Å². The van der Waals surface area contributed by atoms with Gasteiger partial charge >= 0.3 is 0 Å². The van der Waals surface area contributed by atoms with Gasteiger partial charge in [0.05, 0.1) is 6.04 Å². The molecule has 92 valence electrons. The standard InChI is InChI=1S/C16H23N/c1-7-16(11(2)3)17-14(6)15-9-8-12(4)13(5)10-15/h1,8-11,14,16-17H,2-6H3. The lowest BCUT2D eigenvalue weighted by Crippen LogP contribution is -2.34. The molecule has 2 atom stereocenters. The highest BCUT2D eigenvalue weighted by molar-refractivity contribution is 5.31. The molecule has 1 nitrogen and oxygen atoms in total. The molecule has 0 aliphatic heterocycles. The van der Waals surface area contributed by atoms with Crippen molar-refractivity contribution in [2.45, 2.75) is 46.7 Å². The van der Waals surface area contributed by atoms with Gasteiger partial charge in [-0.1, -0.05) is 38.0 Å². The van der Waals surface area contributed by atoms with Crippen LogP contribution in [0.1, 0.15) is 43.5 Å². The first-order chi connectivity index (χ1) is 7.95. The molecular formula is C16H23N. The van der Waals surface area contributed by atoms with Crippen molar-refractivity contribution in [3.8, 4) is 12.3 Å². The van der Waals surface area contributed by atoms with E-state index in [1.54, 1.807) is 0 Å². The second-order valence-corrected chi connectivity index (χ2v) is 5.12. The van der Waals surface area contributed by atoms with E-state index in [2.05, 4.69) is 64.1 Å². The molecular weight excluding hydrogens is 206 g/mol. The van der Waals surface area contributed by atoms with E-state index < -0.39 is 0 Å². The van der Waals surface area contributed by atoms with Crippen molar-refractivity contribution in [2.75, 3.05) is 0 Å². The average molecular weight is 229 g/mol. The second kappa shape index (κ2) is 5.89. The van der Waals surface area contributed by atoms with E-state index in [4.69, 9.17) is 6.42 Å². The minimum Gasteiger partial charge on any atom is -0.297 e. The topological polar surface area (TPSA) is 12.0 Å². The molecule has 1 rings (SSSR count). The summed E-state index contributed by atoms with van der Waals surface area (Å²) in [7, 11) is 0. The average Bonchev–Trinajstić information content (AvgIpc) is 2.28. The summed E-state index contributed by atoms with van der Waals surface area (Å²) in [6.07, 6.45) is 5.54. The zero-order valence-electron chi connectivity index (χ0n) is 11.5. The first kappa shape index (κ1) is 13.8. The maximum absolute atomic E-state index is 5.54. The van der Waals surface area contributed by atoms with Crippen LogP contribution < -0.4 is 5.32 Å². The summed E-state index contributed by atoms with van der Waals surface area (Å²) in [5.41, 5.74) is 3.96. The van der Waals surface area contributed by atoms with Gasteiger partial charge in [0.2, 0.25) is 0 Å². The normalized spacial score (nSPS) is 14.4. The Balaban J connectivity index is 2.79. The molecule has 2 unspecified atom stereocenters. The molecule has 0 radical (unpaired) electrons. The predicted octanol–water partition coefficient (Wildman–Crippen LogP) is 3.61. The molecule has 0 heterocycles. The Morgan fingerprint density at radius 3 is 2.24 bits per heavy atom. The predicted molar refractivity (Wildman–Crippen MR) is 74.9 cm³/mol. The molecule has 0 aromatic heterocycles. The van der Waals surface area contributed by atoms with Crippen molar-refractivity contribution in [3.05, 3.63) is 34.9 Å². The second-order valence-electron chi connectivity index (χ2n) is 5.12. The fourth-order valence-corrected chi connectivity index (χ4v) is 1.83. The van der Waals surface area contributed by atoms with E-state index in [-0.39, 0.29) is 12.1 Å². The fourth-order valence-electron chi connectivity index (χ4n) is 1.83. The number of hydrogen-bond acceptors (Lipinski definition) is 1. The highest BCUT2D eigenvalue weighted by Crippen LogP contribution is 2.18. The summed E-state index contributed by atoms with van der Waals surface area (Å²) in [6, 6.07) is 7.00. The van der Waals surface area contributed by atoms with Crippen LogP contribution in [-0.2, 0) is 0 Å². The Morgan fingerprint density at radius 1 is 1.12 bits per heavy atom. The summed E-state index contributed by atoms with van der Waals surface area (Å²) in [5, 5.41) is 3.49. The lowest BCUT2D eigenvalue weighted by Gasteiger charge is -2.23. The first-order valence-electron chi connectivity index (χ1n) is 6.25. The van der Waals surface area contributed by atoms with Crippen molar-refractivity contribution < 1.29 is 0 Å². The lowest BCUT2D eigenvalue weighted by molar-refractivity contribution is 0.431. The van der Waals surface area contributed by atoms with E-state index >= 15 is 0 Å². The molecule has 17 heavy (non-hydrogen) atoms. The van der Waals surface area contributed by atoms with Gasteiger partial charge < -0.3 is 0 Å². The summed E-state index contributed by atoms with van der Waals surface area (Å²) in [6.45, 7) is 10.7. The number of benzene rings is 1. The van der Waals surface area contributed by atoms with Crippen LogP contribution in [0.25, 0.3) is 0 Å². The third kappa shape index (κ3) is 3.61. The Morgan fingerprint density at radius 2 is 1.76 bits per heavy atom. The van der Waals surface area contributed by atoms with Crippen molar-refractivity contribution in [1.82, 2.24) is 5.32 Å². The summed E-state index contributed by atoms with van der Waals surface area (Å²) in [5.74, 6) is 3.27. The Bertz CT molecular complexity index is 412. The molecule has 0 spiro atoms. The first-order valence-corrected chi connectivity index (χ1v) is 6.25. The fraction of sp³-hybridized carbons (Fsp3) is 0.500. The molecule has 0 fully saturated rings. The minimum atomic E-state index is 0.131. The van der Waals surface area contributed by atoms with Gasteiger partial charge in [-0.25, -0.2) is 0 Å². The molecule has 1 aromatic carbocycles. The van der Waals surface area contributed by atoms with Gasteiger partial charge in [-0.05, 0) is 43.4 Å². The molecule has 1 heteroatoms. The van der Waals surface area contributed by atoms with Gasteiger partial charge in [0.25, 0.3) is 0 Å². The quantitative estimate of drug-likeness (QED) is 0.778. The third-order valence-corrected chi connectivity index (χ3v) is 3.31. The van der Waals surface area contributed by atoms with Crippen LogP contribution in [0.3, 0.4) is 0 Å². The third-order valence-electron chi connectivity index (χ3n) is 3.31. The largest absolute Gasteiger partial charge is 0.297 e. The highest BCUT2D eigenvalue weighted by atomic mass is 14.9. The SMILES string of the molecule is C#CC(NC(C)c1ccc(C)c(C)c1)C(C)C. The van der Waals surface area contributed by atoms with Crippen molar-refractivity contribution in [3.63, 3.8) is 0 Å². The molecule has 0 saturated carbocycles. The zero-order chi connectivity index (χ0) is 13.0. The van der Waals surface area contributed by atoms with Crippen LogP contribution in [0.5, 0.6) is 0 Å². The lowest BCUT2D eigenvalue weighted by atomic mass is 9.99. The van der Waals surface area contributed by atoms with Gasteiger partial charge in [-0.15, -0.1) is 6.42 Å². The zero-order valence-corrected chi connectivity index (χ0v) is 11.5. The van der Waals surface area contributed by atoms with Gasteiger partial charge in [-0.3, -0.25) is 5.32 Å². The number of aryl methyl sites for hydroxylation is 2. The Kier molecular flexibility index (Phi) is 4.78. The molecule has 0 bridgehead atoms. The summed E-state index contributed by atoms with van der Waals surface area (Å²) in [4.78, 5) is 0. The van der Waals surface area contributed by atoms with Crippen LogP contribution in [-0.4, -0.2) is 6.04 Å². The van der Waals surface area contributed by atoms with E-state index in [9.17, 15) is 0 Å². The molecule has 0 aliphatic carbocycles. The summed E-state index contributed by atoms with van der Waals surface area (Å²) >= 11 is 0. The van der Waals surface area contributed by atoms with E-state index in [0.29, 0.717) is 5.92 Å². The molecule has 0 saturated heterocycles. The Labute approximate surface area is 106 Å². The highest BCUT2D eigenvalue weighted by Gasteiger charge is 2.14. The number of rotatable bonds is 4. The van der Waals surface area contributed by atoms with Crippen molar-refractivity contribution in [2.24, 2.45) is 5.92 Å². The Hall–Kier alpha value is -1.26. The minimum absolute atomic E-state index is 0.131. The van der Waals surface area contributed by atoms with Crippen molar-refractivity contribution >= 4 is 0 Å². The molecule has 0 aliphatic rings. The molecule has 0 amide bonds. The van der Waals surface area contributed by atoms with Crippen LogP contribution in [0.4, 0.5) is 0 Å². The van der Waals surface area contributed by atoms with E-state index in [0.717, 1.165) is 0 Å². The monoisotopic (exact) mass is 229 g/mol.